The molecule has 6 nitrogen and oxygen atoms in total. The largest absolute Gasteiger partial charge is 0.443 e. The van der Waals surface area contributed by atoms with E-state index < -0.39 is 11.7 Å². The van der Waals surface area contributed by atoms with Crippen LogP contribution in [-0.2, 0) is 4.74 Å². The topological polar surface area (TPSA) is 58.6 Å². The van der Waals surface area contributed by atoms with E-state index >= 15 is 0 Å². The molecule has 18 heavy (non-hydrogen) atoms. The van der Waals surface area contributed by atoms with Gasteiger partial charge in [-0.1, -0.05) is 11.6 Å². The molecule has 1 aliphatic rings. The van der Waals surface area contributed by atoms with E-state index in [4.69, 9.17) is 16.3 Å². The fraction of sp³-hybridized carbons (Fsp3) is 0.545. The second-order valence-corrected chi connectivity index (χ2v) is 5.44. The number of aromatic nitrogens is 2. The van der Waals surface area contributed by atoms with Crippen molar-refractivity contribution in [3.05, 3.63) is 11.5 Å². The van der Waals surface area contributed by atoms with E-state index in [1.165, 1.54) is 11.2 Å². The molecule has 0 spiro atoms. The van der Waals surface area contributed by atoms with Gasteiger partial charge in [0.25, 0.3) is 0 Å². The highest BCUT2D eigenvalue weighted by molar-refractivity contribution is 6.33. The predicted molar refractivity (Wildman–Crippen MR) is 69.0 cm³/mol. The van der Waals surface area contributed by atoms with Crippen LogP contribution in [0.5, 0.6) is 0 Å². The molecule has 1 aromatic rings. The van der Waals surface area contributed by atoms with Gasteiger partial charge in [-0.2, -0.15) is 0 Å². The average molecular weight is 271 g/mol. The zero-order valence-electron chi connectivity index (χ0n) is 10.8. The van der Waals surface area contributed by atoms with E-state index in [1.54, 1.807) is 0 Å². The predicted octanol–water partition coefficient (Wildman–Crippen LogP) is 2.28. The van der Waals surface area contributed by atoms with Crippen LogP contribution in [0.3, 0.4) is 0 Å². The number of amides is 1. The Hall–Kier alpha value is -1.56. The van der Waals surface area contributed by atoms with Gasteiger partial charge in [0.15, 0.2) is 11.0 Å². The molecular formula is C11H15ClN4O2. The fourth-order valence-electron chi connectivity index (χ4n) is 1.69. The highest BCUT2D eigenvalue weighted by Gasteiger charge is 2.34. The van der Waals surface area contributed by atoms with Crippen LogP contribution in [0.15, 0.2) is 6.33 Å². The van der Waals surface area contributed by atoms with Crippen molar-refractivity contribution in [2.45, 2.75) is 26.4 Å². The maximum atomic E-state index is 12.1. The lowest BCUT2D eigenvalue weighted by molar-refractivity contribution is 0.0582. The summed E-state index contributed by atoms with van der Waals surface area (Å²) in [6.07, 6.45) is 0.889. The lowest BCUT2D eigenvalue weighted by atomic mass is 10.2. The third-order valence-electron chi connectivity index (χ3n) is 2.36. The van der Waals surface area contributed by atoms with Gasteiger partial charge in [0.2, 0.25) is 0 Å². The van der Waals surface area contributed by atoms with Gasteiger partial charge in [-0.25, -0.2) is 19.7 Å². The van der Waals surface area contributed by atoms with Crippen molar-refractivity contribution >= 4 is 29.2 Å². The van der Waals surface area contributed by atoms with Gasteiger partial charge in [-0.15, -0.1) is 0 Å². The normalized spacial score (nSPS) is 14.7. The van der Waals surface area contributed by atoms with Crippen LogP contribution in [0, 0.1) is 0 Å². The maximum absolute atomic E-state index is 12.1. The molecule has 0 radical (unpaired) electrons. The molecule has 0 bridgehead atoms. The van der Waals surface area contributed by atoms with Crippen molar-refractivity contribution in [2.24, 2.45) is 0 Å². The van der Waals surface area contributed by atoms with E-state index in [9.17, 15) is 4.79 Å². The summed E-state index contributed by atoms with van der Waals surface area (Å²) in [7, 11) is 1.82. The first kappa shape index (κ1) is 12.9. The number of carbonyl (C=O) groups is 1. The van der Waals surface area contributed by atoms with Crippen molar-refractivity contribution in [3.63, 3.8) is 0 Å². The Bertz CT molecular complexity index is 486. The van der Waals surface area contributed by atoms with E-state index in [0.29, 0.717) is 23.3 Å². The summed E-state index contributed by atoms with van der Waals surface area (Å²) in [5, 5.41) is 0.327. The summed E-state index contributed by atoms with van der Waals surface area (Å²) in [4.78, 5) is 23.3. The number of carbonyl (C=O) groups excluding carboxylic acids is 1. The number of fused-ring (bicyclic) bond motifs is 1. The van der Waals surface area contributed by atoms with E-state index in [-0.39, 0.29) is 0 Å². The van der Waals surface area contributed by atoms with Crippen LogP contribution in [0.2, 0.25) is 5.15 Å². The highest BCUT2D eigenvalue weighted by atomic mass is 35.5. The summed E-state index contributed by atoms with van der Waals surface area (Å²) < 4.78 is 5.32. The third-order valence-corrected chi connectivity index (χ3v) is 2.64. The minimum Gasteiger partial charge on any atom is -0.443 e. The molecule has 0 unspecified atom stereocenters. The number of anilines is 2. The Morgan fingerprint density at radius 2 is 2.11 bits per heavy atom. The molecule has 0 aromatic carbocycles. The first-order valence-corrected chi connectivity index (χ1v) is 5.89. The molecule has 0 aliphatic carbocycles. The lowest BCUT2D eigenvalue weighted by Crippen LogP contribution is -2.38. The molecule has 1 aromatic heterocycles. The molecular weight excluding hydrogens is 256 g/mol. The quantitative estimate of drug-likeness (QED) is 0.677. The van der Waals surface area contributed by atoms with Crippen LogP contribution in [-0.4, -0.2) is 35.4 Å². The molecule has 0 saturated carbocycles. The minimum atomic E-state index is -0.546. The molecule has 0 saturated heterocycles. The second kappa shape index (κ2) is 4.28. The van der Waals surface area contributed by atoms with Gasteiger partial charge in [-0.3, -0.25) is 0 Å². The van der Waals surface area contributed by atoms with E-state index in [0.717, 1.165) is 0 Å². The second-order valence-electron chi connectivity index (χ2n) is 5.08. The van der Waals surface area contributed by atoms with E-state index in [1.807, 2.05) is 32.7 Å². The van der Waals surface area contributed by atoms with Crippen molar-refractivity contribution in [3.8, 4) is 0 Å². The highest BCUT2D eigenvalue weighted by Crippen LogP contribution is 2.37. The van der Waals surface area contributed by atoms with Crippen molar-refractivity contribution < 1.29 is 9.53 Å². The molecule has 2 rings (SSSR count). The van der Waals surface area contributed by atoms with Crippen molar-refractivity contribution in [1.82, 2.24) is 9.97 Å². The number of rotatable bonds is 0. The zero-order chi connectivity index (χ0) is 13.5. The molecule has 98 valence electrons. The number of halogens is 1. The first-order valence-electron chi connectivity index (χ1n) is 5.52. The van der Waals surface area contributed by atoms with Crippen molar-refractivity contribution in [1.29, 1.82) is 0 Å². The zero-order valence-corrected chi connectivity index (χ0v) is 11.5. The third kappa shape index (κ3) is 2.33. The van der Waals surface area contributed by atoms with Crippen LogP contribution in [0.4, 0.5) is 16.3 Å². The fourth-order valence-corrected chi connectivity index (χ4v) is 1.96. The smallest absolute Gasteiger partial charge is 0.417 e. The standard InChI is InChI=1S/C11H15ClN4O2/c1-11(2,3)18-10(17)16-6-15(4)7-8(12)13-5-14-9(7)16/h5H,6H2,1-4H3. The van der Waals surface area contributed by atoms with Gasteiger partial charge >= 0.3 is 6.09 Å². The molecule has 2 heterocycles. The summed E-state index contributed by atoms with van der Waals surface area (Å²) in [6, 6.07) is 0. The molecule has 1 amide bonds. The Balaban J connectivity index is 2.30. The number of nitrogens with zero attached hydrogens (tertiary/aromatic N) is 4. The average Bonchev–Trinajstić information content (AvgIpc) is 2.55. The Morgan fingerprint density at radius 1 is 1.44 bits per heavy atom. The number of hydrogen-bond donors (Lipinski definition) is 0. The van der Waals surface area contributed by atoms with Gasteiger partial charge in [0.05, 0.1) is 0 Å². The molecule has 0 N–H and O–H groups in total. The summed E-state index contributed by atoms with van der Waals surface area (Å²) in [5.74, 6) is 0.478. The molecule has 0 fully saturated rings. The van der Waals surface area contributed by atoms with Crippen molar-refractivity contribution in [2.75, 3.05) is 23.5 Å². The lowest BCUT2D eigenvalue weighted by Gasteiger charge is -2.24. The monoisotopic (exact) mass is 270 g/mol. The maximum Gasteiger partial charge on any atom is 0.417 e. The van der Waals surface area contributed by atoms with Gasteiger partial charge in [-0.05, 0) is 20.8 Å². The SMILES string of the molecule is CN1CN(C(=O)OC(C)(C)C)c2ncnc(Cl)c21. The van der Waals surface area contributed by atoms with Crippen LogP contribution < -0.4 is 9.80 Å². The Labute approximate surface area is 111 Å². The number of hydrogen-bond acceptors (Lipinski definition) is 5. The molecule has 1 aliphatic heterocycles. The van der Waals surface area contributed by atoms with Gasteiger partial charge < -0.3 is 9.64 Å². The number of ether oxygens (including phenoxy) is 1. The molecule has 0 atom stereocenters. The first-order chi connectivity index (χ1) is 8.29. The van der Waals surface area contributed by atoms with E-state index in [2.05, 4.69) is 9.97 Å². The van der Waals surface area contributed by atoms with Gasteiger partial charge in [0, 0.05) is 7.05 Å². The Kier molecular flexibility index (Phi) is 3.06. The summed E-state index contributed by atoms with van der Waals surface area (Å²) in [5.41, 5.74) is 0.0971. The van der Waals surface area contributed by atoms with Crippen LogP contribution in [0.1, 0.15) is 20.8 Å². The van der Waals surface area contributed by atoms with Crippen LogP contribution >= 0.6 is 11.6 Å². The minimum absolute atomic E-state index is 0.327. The Morgan fingerprint density at radius 3 is 2.72 bits per heavy atom. The van der Waals surface area contributed by atoms with Gasteiger partial charge in [0.1, 0.15) is 24.3 Å². The summed E-state index contributed by atoms with van der Waals surface area (Å²) >= 11 is 6.00. The summed E-state index contributed by atoms with van der Waals surface area (Å²) in [6.45, 7) is 5.80. The van der Waals surface area contributed by atoms with Crippen LogP contribution in [0.25, 0.3) is 0 Å². The molecule has 7 heteroatoms.